The maximum absolute atomic E-state index is 13.6. The summed E-state index contributed by atoms with van der Waals surface area (Å²) < 4.78 is 31.6. The van der Waals surface area contributed by atoms with Crippen LogP contribution in [0.4, 0.5) is 8.78 Å². The number of hydrogen-bond acceptors (Lipinski definition) is 2. The molecule has 0 fully saturated rings. The van der Waals surface area contributed by atoms with Crippen molar-refractivity contribution in [2.45, 2.75) is 0 Å². The summed E-state index contributed by atoms with van der Waals surface area (Å²) in [6.07, 6.45) is 1.04. The fraction of sp³-hybridized carbons (Fsp3) is 0. The predicted molar refractivity (Wildman–Crippen MR) is 67.6 cm³/mol. The molecule has 0 aliphatic heterocycles. The van der Waals surface area contributed by atoms with E-state index in [4.69, 9.17) is 4.74 Å². The number of benzene rings is 2. The molecule has 0 aromatic heterocycles. The summed E-state index contributed by atoms with van der Waals surface area (Å²) in [6.45, 7) is 3.28. The zero-order valence-electron chi connectivity index (χ0n) is 9.90. The van der Waals surface area contributed by atoms with Crippen LogP contribution in [0.5, 0.6) is 5.75 Å². The Kier molecular flexibility index (Phi) is 3.71. The van der Waals surface area contributed by atoms with Gasteiger partial charge in [0, 0.05) is 11.6 Å². The van der Waals surface area contributed by atoms with Gasteiger partial charge in [-0.3, -0.25) is 0 Å². The number of rotatable bonds is 3. The van der Waals surface area contributed by atoms with E-state index in [1.165, 1.54) is 24.3 Å². The minimum Gasteiger partial charge on any atom is -0.423 e. The molecule has 0 saturated heterocycles. The third-order valence-electron chi connectivity index (χ3n) is 2.50. The van der Waals surface area contributed by atoms with Crippen molar-refractivity contribution in [1.29, 1.82) is 0 Å². The first-order valence-electron chi connectivity index (χ1n) is 5.50. The smallest absolute Gasteiger partial charge is 0.335 e. The van der Waals surface area contributed by atoms with Crippen molar-refractivity contribution < 1.29 is 18.3 Å². The highest BCUT2D eigenvalue weighted by atomic mass is 19.2. The van der Waals surface area contributed by atoms with E-state index < -0.39 is 17.6 Å². The minimum atomic E-state index is -0.904. The van der Waals surface area contributed by atoms with Gasteiger partial charge in [-0.15, -0.1) is 0 Å². The molecule has 0 N–H and O–H groups in total. The molecule has 2 aromatic carbocycles. The summed E-state index contributed by atoms with van der Waals surface area (Å²) >= 11 is 0. The monoisotopic (exact) mass is 260 g/mol. The molecule has 0 aliphatic carbocycles. The van der Waals surface area contributed by atoms with Crippen LogP contribution >= 0.6 is 0 Å². The van der Waals surface area contributed by atoms with Crippen LogP contribution in [0.3, 0.4) is 0 Å². The van der Waals surface area contributed by atoms with Crippen molar-refractivity contribution in [3.8, 4) is 16.9 Å². The van der Waals surface area contributed by atoms with Crippen molar-refractivity contribution in [1.82, 2.24) is 0 Å². The second-order valence-electron chi connectivity index (χ2n) is 3.75. The number of ether oxygens (including phenoxy) is 1. The number of carbonyl (C=O) groups excluding carboxylic acids is 1. The molecule has 0 amide bonds. The van der Waals surface area contributed by atoms with Gasteiger partial charge in [0.25, 0.3) is 0 Å². The van der Waals surface area contributed by atoms with Gasteiger partial charge >= 0.3 is 5.97 Å². The van der Waals surface area contributed by atoms with Gasteiger partial charge in [0.15, 0.2) is 11.6 Å². The van der Waals surface area contributed by atoms with Crippen molar-refractivity contribution in [3.63, 3.8) is 0 Å². The SMILES string of the molecule is C=CC(=O)Oc1ccc(-c2cccc(F)c2F)cc1. The van der Waals surface area contributed by atoms with Gasteiger partial charge < -0.3 is 4.74 Å². The van der Waals surface area contributed by atoms with Crippen LogP contribution in [0, 0.1) is 11.6 Å². The number of esters is 1. The Morgan fingerprint density at radius 3 is 2.42 bits per heavy atom. The van der Waals surface area contributed by atoms with Crippen LogP contribution in [0.15, 0.2) is 55.1 Å². The number of halogens is 2. The molecular formula is C15H10F2O2. The van der Waals surface area contributed by atoms with Gasteiger partial charge in [-0.1, -0.05) is 30.8 Å². The molecule has 0 heterocycles. The maximum Gasteiger partial charge on any atom is 0.335 e. The molecule has 0 atom stereocenters. The fourth-order valence-corrected chi connectivity index (χ4v) is 1.59. The van der Waals surface area contributed by atoms with Gasteiger partial charge in [-0.05, 0) is 23.8 Å². The first kappa shape index (κ1) is 13.0. The standard InChI is InChI=1S/C15H10F2O2/c1-2-14(18)19-11-8-6-10(7-9-11)12-4-3-5-13(16)15(12)17/h2-9H,1H2. The topological polar surface area (TPSA) is 26.3 Å². The summed E-state index contributed by atoms with van der Waals surface area (Å²) in [7, 11) is 0. The van der Waals surface area contributed by atoms with Crippen molar-refractivity contribution >= 4 is 5.97 Å². The van der Waals surface area contributed by atoms with Gasteiger partial charge in [0.2, 0.25) is 0 Å². The highest BCUT2D eigenvalue weighted by Gasteiger charge is 2.09. The summed E-state index contributed by atoms with van der Waals surface area (Å²) in [6, 6.07) is 10.1. The number of carbonyl (C=O) groups is 1. The summed E-state index contributed by atoms with van der Waals surface area (Å²) in [5, 5.41) is 0. The molecular weight excluding hydrogens is 250 g/mol. The quantitative estimate of drug-likeness (QED) is 0.477. The molecule has 0 aliphatic rings. The zero-order chi connectivity index (χ0) is 13.8. The molecule has 96 valence electrons. The first-order chi connectivity index (χ1) is 9.11. The lowest BCUT2D eigenvalue weighted by molar-refractivity contribution is -0.128. The van der Waals surface area contributed by atoms with Gasteiger partial charge in [-0.25, -0.2) is 13.6 Å². The molecule has 0 radical (unpaired) electrons. The third kappa shape index (κ3) is 2.85. The predicted octanol–water partition coefficient (Wildman–Crippen LogP) is 3.72. The highest BCUT2D eigenvalue weighted by Crippen LogP contribution is 2.26. The second kappa shape index (κ2) is 5.44. The molecule has 0 bridgehead atoms. The lowest BCUT2D eigenvalue weighted by Gasteiger charge is -2.06. The van der Waals surface area contributed by atoms with E-state index in [0.29, 0.717) is 11.3 Å². The van der Waals surface area contributed by atoms with Crippen molar-refractivity contribution in [3.05, 3.63) is 66.8 Å². The second-order valence-corrected chi connectivity index (χ2v) is 3.75. The normalized spacial score (nSPS) is 10.0. The van der Waals surface area contributed by atoms with E-state index in [0.717, 1.165) is 12.1 Å². The lowest BCUT2D eigenvalue weighted by Crippen LogP contribution is -2.02. The van der Waals surface area contributed by atoms with Gasteiger partial charge in [-0.2, -0.15) is 0 Å². The van der Waals surface area contributed by atoms with Crippen LogP contribution in [-0.2, 0) is 4.79 Å². The van der Waals surface area contributed by atoms with Crippen molar-refractivity contribution in [2.24, 2.45) is 0 Å². The molecule has 4 heteroatoms. The molecule has 19 heavy (non-hydrogen) atoms. The molecule has 2 nitrogen and oxygen atoms in total. The molecule has 0 unspecified atom stereocenters. The van der Waals surface area contributed by atoms with E-state index in [-0.39, 0.29) is 5.56 Å². The molecule has 0 spiro atoms. The van der Waals surface area contributed by atoms with E-state index in [1.807, 2.05) is 0 Å². The summed E-state index contributed by atoms with van der Waals surface area (Å²) in [4.78, 5) is 11.0. The Hall–Kier alpha value is -2.49. The number of hydrogen-bond donors (Lipinski definition) is 0. The van der Waals surface area contributed by atoms with E-state index >= 15 is 0 Å². The Morgan fingerprint density at radius 2 is 1.79 bits per heavy atom. The Balaban J connectivity index is 2.30. The molecule has 0 saturated carbocycles. The van der Waals surface area contributed by atoms with Crippen molar-refractivity contribution in [2.75, 3.05) is 0 Å². The fourth-order valence-electron chi connectivity index (χ4n) is 1.59. The Labute approximate surface area is 108 Å². The first-order valence-corrected chi connectivity index (χ1v) is 5.50. The van der Waals surface area contributed by atoms with E-state index in [1.54, 1.807) is 12.1 Å². The third-order valence-corrected chi connectivity index (χ3v) is 2.50. The Morgan fingerprint density at radius 1 is 1.11 bits per heavy atom. The zero-order valence-corrected chi connectivity index (χ0v) is 9.90. The minimum absolute atomic E-state index is 0.154. The van der Waals surface area contributed by atoms with E-state index in [2.05, 4.69) is 6.58 Å². The largest absolute Gasteiger partial charge is 0.423 e. The van der Waals surface area contributed by atoms with Crippen LogP contribution in [0.1, 0.15) is 0 Å². The van der Waals surface area contributed by atoms with Crippen LogP contribution in [0.2, 0.25) is 0 Å². The summed E-state index contributed by atoms with van der Waals surface area (Å²) in [5.74, 6) is -2.08. The Bertz CT molecular complexity index is 619. The lowest BCUT2D eigenvalue weighted by atomic mass is 10.0. The van der Waals surface area contributed by atoms with Crippen LogP contribution < -0.4 is 4.74 Å². The molecule has 2 rings (SSSR count). The molecule has 2 aromatic rings. The van der Waals surface area contributed by atoms with Crippen LogP contribution in [-0.4, -0.2) is 5.97 Å². The van der Waals surface area contributed by atoms with Crippen LogP contribution in [0.25, 0.3) is 11.1 Å². The average molecular weight is 260 g/mol. The van der Waals surface area contributed by atoms with E-state index in [9.17, 15) is 13.6 Å². The summed E-state index contributed by atoms with van der Waals surface area (Å²) in [5.41, 5.74) is 0.650. The van der Waals surface area contributed by atoms with Gasteiger partial charge in [0.1, 0.15) is 5.75 Å². The average Bonchev–Trinajstić information content (AvgIpc) is 2.43. The maximum atomic E-state index is 13.6. The van der Waals surface area contributed by atoms with Gasteiger partial charge in [0.05, 0.1) is 0 Å². The highest BCUT2D eigenvalue weighted by molar-refractivity contribution is 5.83.